The van der Waals surface area contributed by atoms with Gasteiger partial charge in [0.2, 0.25) is 0 Å². The summed E-state index contributed by atoms with van der Waals surface area (Å²) in [6, 6.07) is 3.37. The lowest BCUT2D eigenvalue weighted by Crippen LogP contribution is -2.20. The summed E-state index contributed by atoms with van der Waals surface area (Å²) in [5.74, 6) is -3.62. The Bertz CT molecular complexity index is 417. The minimum Gasteiger partial charge on any atom is -0.481 e. The van der Waals surface area contributed by atoms with Gasteiger partial charge in [-0.2, -0.15) is 0 Å². The summed E-state index contributed by atoms with van der Waals surface area (Å²) in [4.78, 5) is 22.0. The van der Waals surface area contributed by atoms with Crippen LogP contribution in [0.1, 0.15) is 17.3 Å². The molecule has 0 heterocycles. The molecule has 0 spiro atoms. The molecule has 0 aliphatic carbocycles. The van der Waals surface area contributed by atoms with Gasteiger partial charge in [0.1, 0.15) is 11.7 Å². The second-order valence-corrected chi connectivity index (χ2v) is 3.46. The van der Waals surface area contributed by atoms with Crippen LogP contribution in [-0.4, -0.2) is 16.9 Å². The van der Waals surface area contributed by atoms with Crippen LogP contribution in [0.15, 0.2) is 18.2 Å². The molecule has 1 aromatic rings. The highest BCUT2D eigenvalue weighted by atomic mass is 35.5. The van der Waals surface area contributed by atoms with E-state index in [1.807, 2.05) is 0 Å². The molecular formula is C10H8ClFO3. The molecule has 0 aromatic heterocycles. The van der Waals surface area contributed by atoms with Crippen molar-refractivity contribution in [3.8, 4) is 0 Å². The number of carboxylic acid groups (broad SMARTS) is 1. The van der Waals surface area contributed by atoms with Crippen LogP contribution in [0.4, 0.5) is 4.39 Å². The van der Waals surface area contributed by atoms with Crippen molar-refractivity contribution >= 4 is 23.4 Å². The summed E-state index contributed by atoms with van der Waals surface area (Å²) in [5.41, 5.74) is 0.0938. The van der Waals surface area contributed by atoms with E-state index in [1.54, 1.807) is 0 Å². The third-order valence-corrected chi connectivity index (χ3v) is 2.26. The lowest BCUT2D eigenvalue weighted by atomic mass is 10.00. The van der Waals surface area contributed by atoms with Crippen LogP contribution in [0.25, 0.3) is 0 Å². The van der Waals surface area contributed by atoms with Crippen molar-refractivity contribution < 1.29 is 19.1 Å². The molecule has 0 fully saturated rings. The topological polar surface area (TPSA) is 54.4 Å². The van der Waals surface area contributed by atoms with E-state index < -0.39 is 23.5 Å². The number of benzene rings is 1. The predicted molar refractivity (Wildman–Crippen MR) is 52.5 cm³/mol. The first-order chi connectivity index (χ1) is 6.93. The van der Waals surface area contributed by atoms with Gasteiger partial charge in [-0.05, 0) is 25.1 Å². The maximum atomic E-state index is 12.8. The lowest BCUT2D eigenvalue weighted by Gasteiger charge is -2.05. The summed E-state index contributed by atoms with van der Waals surface area (Å²) < 4.78 is 12.8. The Balaban J connectivity index is 3.02. The zero-order valence-electron chi connectivity index (χ0n) is 7.83. The highest BCUT2D eigenvalue weighted by Crippen LogP contribution is 2.18. The second kappa shape index (κ2) is 4.40. The minimum absolute atomic E-state index is 0.0938. The minimum atomic E-state index is -1.22. The number of ketones is 1. The Morgan fingerprint density at radius 3 is 2.53 bits per heavy atom. The molecule has 1 aromatic carbocycles. The van der Waals surface area contributed by atoms with Gasteiger partial charge in [0.05, 0.1) is 5.02 Å². The maximum absolute atomic E-state index is 12.8. The summed E-state index contributed by atoms with van der Waals surface area (Å²) in [5, 5.41) is 8.41. The second-order valence-electron chi connectivity index (χ2n) is 3.05. The van der Waals surface area contributed by atoms with Gasteiger partial charge < -0.3 is 5.11 Å². The molecule has 1 unspecified atom stereocenters. The monoisotopic (exact) mass is 230 g/mol. The maximum Gasteiger partial charge on any atom is 0.314 e. The Kier molecular flexibility index (Phi) is 3.42. The van der Waals surface area contributed by atoms with Crippen molar-refractivity contribution in [2.45, 2.75) is 6.92 Å². The van der Waals surface area contributed by atoms with Gasteiger partial charge in [-0.1, -0.05) is 11.6 Å². The van der Waals surface area contributed by atoms with Crippen LogP contribution in [0.5, 0.6) is 0 Å². The lowest BCUT2D eigenvalue weighted by molar-refractivity contribution is -0.139. The third kappa shape index (κ3) is 2.53. The van der Waals surface area contributed by atoms with Gasteiger partial charge >= 0.3 is 5.97 Å². The Hall–Kier alpha value is -1.42. The quantitative estimate of drug-likeness (QED) is 0.641. The van der Waals surface area contributed by atoms with E-state index in [1.165, 1.54) is 13.0 Å². The van der Waals surface area contributed by atoms with Crippen LogP contribution >= 0.6 is 11.6 Å². The SMILES string of the molecule is CC(C(=O)O)C(=O)c1ccc(F)c(Cl)c1. The number of halogens is 2. The molecule has 0 amide bonds. The number of aliphatic carboxylic acids is 1. The first kappa shape index (κ1) is 11.7. The molecule has 1 rings (SSSR count). The molecule has 1 N–H and O–H groups in total. The van der Waals surface area contributed by atoms with Crippen molar-refractivity contribution in [2.24, 2.45) is 5.92 Å². The van der Waals surface area contributed by atoms with Gasteiger partial charge in [0, 0.05) is 5.56 Å². The number of hydrogen-bond acceptors (Lipinski definition) is 2. The van der Waals surface area contributed by atoms with Gasteiger partial charge in [-0.3, -0.25) is 9.59 Å². The fourth-order valence-corrected chi connectivity index (χ4v) is 1.19. The first-order valence-corrected chi connectivity index (χ1v) is 4.53. The fraction of sp³-hybridized carbons (Fsp3) is 0.200. The van der Waals surface area contributed by atoms with Crippen LogP contribution in [0.3, 0.4) is 0 Å². The zero-order chi connectivity index (χ0) is 11.6. The highest BCUT2D eigenvalue weighted by molar-refractivity contribution is 6.31. The van der Waals surface area contributed by atoms with E-state index in [9.17, 15) is 14.0 Å². The average Bonchev–Trinajstić information content (AvgIpc) is 2.19. The average molecular weight is 231 g/mol. The number of carbonyl (C=O) groups is 2. The predicted octanol–water partition coefficient (Wildman–Crippen LogP) is 2.38. The van der Waals surface area contributed by atoms with Crippen LogP contribution in [0.2, 0.25) is 5.02 Å². The molecular weight excluding hydrogens is 223 g/mol. The zero-order valence-corrected chi connectivity index (χ0v) is 8.58. The molecule has 5 heteroatoms. The van der Waals surface area contributed by atoms with Crippen LogP contribution in [0, 0.1) is 11.7 Å². The van der Waals surface area contributed by atoms with Crippen molar-refractivity contribution in [3.05, 3.63) is 34.6 Å². The molecule has 0 aliphatic rings. The molecule has 3 nitrogen and oxygen atoms in total. The van der Waals surface area contributed by atoms with Crippen LogP contribution in [-0.2, 0) is 4.79 Å². The molecule has 1 atom stereocenters. The smallest absolute Gasteiger partial charge is 0.314 e. The van der Waals surface area contributed by atoms with Crippen molar-refractivity contribution in [1.82, 2.24) is 0 Å². The van der Waals surface area contributed by atoms with E-state index in [4.69, 9.17) is 16.7 Å². The van der Waals surface area contributed by atoms with Crippen LogP contribution < -0.4 is 0 Å². The normalized spacial score (nSPS) is 12.2. The highest BCUT2D eigenvalue weighted by Gasteiger charge is 2.22. The summed E-state index contributed by atoms with van der Waals surface area (Å²) in [7, 11) is 0. The fourth-order valence-electron chi connectivity index (χ4n) is 1.01. The number of rotatable bonds is 3. The molecule has 0 saturated heterocycles. The van der Waals surface area contributed by atoms with Gasteiger partial charge in [0.25, 0.3) is 0 Å². The molecule has 0 saturated carbocycles. The van der Waals surface area contributed by atoms with Gasteiger partial charge in [-0.25, -0.2) is 4.39 Å². The largest absolute Gasteiger partial charge is 0.481 e. The first-order valence-electron chi connectivity index (χ1n) is 4.15. The molecule has 80 valence electrons. The van der Waals surface area contributed by atoms with Crippen molar-refractivity contribution in [2.75, 3.05) is 0 Å². The molecule has 0 bridgehead atoms. The number of Topliss-reactive ketones (excluding diaryl/α,β-unsaturated/α-hetero) is 1. The Morgan fingerprint density at radius 2 is 2.07 bits per heavy atom. The Morgan fingerprint density at radius 1 is 1.47 bits per heavy atom. The van der Waals surface area contributed by atoms with E-state index in [2.05, 4.69) is 0 Å². The van der Waals surface area contributed by atoms with E-state index >= 15 is 0 Å². The third-order valence-electron chi connectivity index (χ3n) is 1.97. The van der Waals surface area contributed by atoms with Gasteiger partial charge in [-0.15, -0.1) is 0 Å². The number of hydrogen-bond donors (Lipinski definition) is 1. The molecule has 0 radical (unpaired) electrons. The standard InChI is InChI=1S/C10H8ClFO3/c1-5(10(14)15)9(13)6-2-3-8(12)7(11)4-6/h2-5H,1H3,(H,14,15). The van der Waals surface area contributed by atoms with Crippen molar-refractivity contribution in [3.63, 3.8) is 0 Å². The Labute approximate surface area is 90.5 Å². The number of carboxylic acids is 1. The summed E-state index contributed by atoms with van der Waals surface area (Å²) in [6.07, 6.45) is 0. The van der Waals surface area contributed by atoms with Crippen molar-refractivity contribution in [1.29, 1.82) is 0 Å². The summed E-state index contributed by atoms with van der Waals surface area (Å²) >= 11 is 5.47. The van der Waals surface area contributed by atoms with Gasteiger partial charge in [0.15, 0.2) is 5.78 Å². The number of carbonyl (C=O) groups excluding carboxylic acids is 1. The van der Waals surface area contributed by atoms with E-state index in [0.717, 1.165) is 12.1 Å². The van der Waals surface area contributed by atoms with E-state index in [0.29, 0.717) is 0 Å². The molecule has 0 aliphatic heterocycles. The molecule has 15 heavy (non-hydrogen) atoms. The summed E-state index contributed by atoms with van der Waals surface area (Å²) in [6.45, 7) is 1.27. The van der Waals surface area contributed by atoms with E-state index in [-0.39, 0.29) is 10.6 Å².